The van der Waals surface area contributed by atoms with Crippen molar-refractivity contribution in [1.82, 2.24) is 10.2 Å². The molecular formula is C11H18N2O2S2. The molecule has 0 radical (unpaired) electrons. The zero-order chi connectivity index (χ0) is 12.0. The molecule has 0 amide bonds. The highest BCUT2D eigenvalue weighted by Crippen LogP contribution is 2.31. The zero-order valence-electron chi connectivity index (χ0n) is 9.76. The topological polar surface area (TPSA) is 49.4 Å². The molecule has 3 aliphatic rings. The summed E-state index contributed by atoms with van der Waals surface area (Å²) in [5, 5.41) is 3.98. The van der Waals surface area contributed by atoms with E-state index in [0.29, 0.717) is 6.04 Å². The second-order valence-corrected chi connectivity index (χ2v) is 7.94. The number of fused-ring (bicyclic) bond motifs is 1. The third-order valence-corrected chi connectivity index (χ3v) is 6.24. The Labute approximate surface area is 108 Å². The minimum absolute atomic E-state index is 0.0365. The van der Waals surface area contributed by atoms with Gasteiger partial charge in [-0.3, -0.25) is 0 Å². The number of hydrogen-bond acceptors (Lipinski definition) is 3. The number of thiocarbonyl (C=S) groups is 1. The first-order valence-corrected chi connectivity index (χ1v) is 8.59. The van der Waals surface area contributed by atoms with E-state index >= 15 is 0 Å². The molecule has 0 bridgehead atoms. The lowest BCUT2D eigenvalue weighted by molar-refractivity contribution is 0.216. The molecule has 4 nitrogen and oxygen atoms in total. The molecule has 0 aromatic rings. The fourth-order valence-corrected chi connectivity index (χ4v) is 5.76. The molecule has 17 heavy (non-hydrogen) atoms. The summed E-state index contributed by atoms with van der Waals surface area (Å²) in [6, 6.07) is 0.595. The van der Waals surface area contributed by atoms with Crippen LogP contribution in [0.4, 0.5) is 0 Å². The van der Waals surface area contributed by atoms with Gasteiger partial charge in [0.1, 0.15) is 0 Å². The van der Waals surface area contributed by atoms with E-state index in [2.05, 4.69) is 10.2 Å². The van der Waals surface area contributed by atoms with Crippen LogP contribution in [-0.2, 0) is 9.84 Å². The van der Waals surface area contributed by atoms with Gasteiger partial charge in [0.2, 0.25) is 0 Å². The highest BCUT2D eigenvalue weighted by atomic mass is 32.2. The summed E-state index contributed by atoms with van der Waals surface area (Å²) in [6.07, 6.45) is 6.11. The highest BCUT2D eigenvalue weighted by Gasteiger charge is 2.48. The minimum atomic E-state index is -2.86. The molecule has 2 heterocycles. The van der Waals surface area contributed by atoms with Crippen molar-refractivity contribution in [2.45, 2.75) is 50.2 Å². The minimum Gasteiger partial charge on any atom is -0.357 e. The van der Waals surface area contributed by atoms with Gasteiger partial charge in [0.15, 0.2) is 14.9 Å². The third kappa shape index (κ3) is 2.05. The Bertz CT molecular complexity index is 429. The summed E-state index contributed by atoms with van der Waals surface area (Å²) in [4.78, 5) is 2.20. The van der Waals surface area contributed by atoms with Gasteiger partial charge in [0, 0.05) is 6.04 Å². The standard InChI is InChI=1S/C11H18N2O2S2/c14-17(15)6-9-10(7-17)13(11(16)12-9)8-4-2-1-3-5-8/h8-10H,1-7H2,(H,12,16). The van der Waals surface area contributed by atoms with Crippen LogP contribution in [0.3, 0.4) is 0 Å². The Morgan fingerprint density at radius 1 is 1.18 bits per heavy atom. The molecule has 1 aliphatic carbocycles. The summed E-state index contributed by atoms with van der Waals surface area (Å²) in [5.41, 5.74) is 0. The Balaban J connectivity index is 1.81. The second kappa shape index (κ2) is 4.09. The van der Waals surface area contributed by atoms with E-state index in [0.717, 1.165) is 18.0 Å². The fraction of sp³-hybridized carbons (Fsp3) is 0.909. The van der Waals surface area contributed by atoms with E-state index in [1.54, 1.807) is 0 Å². The predicted octanol–water partition coefficient (Wildman–Crippen LogP) is 0.675. The Hall–Kier alpha value is -0.360. The molecule has 0 spiro atoms. The van der Waals surface area contributed by atoms with Crippen LogP contribution in [0.1, 0.15) is 32.1 Å². The first-order chi connectivity index (χ1) is 8.07. The van der Waals surface area contributed by atoms with Gasteiger partial charge in [-0.25, -0.2) is 8.42 Å². The van der Waals surface area contributed by atoms with Crippen LogP contribution in [0.5, 0.6) is 0 Å². The van der Waals surface area contributed by atoms with Crippen LogP contribution < -0.4 is 5.32 Å². The molecule has 3 rings (SSSR count). The second-order valence-electron chi connectivity index (χ2n) is 5.40. The third-order valence-electron chi connectivity index (χ3n) is 4.19. The molecule has 2 aliphatic heterocycles. The van der Waals surface area contributed by atoms with Crippen LogP contribution in [0, 0.1) is 0 Å². The van der Waals surface area contributed by atoms with Gasteiger partial charge < -0.3 is 10.2 Å². The van der Waals surface area contributed by atoms with Crippen molar-refractivity contribution in [3.05, 3.63) is 0 Å². The molecule has 0 aromatic carbocycles. The normalized spacial score (nSPS) is 36.9. The first kappa shape index (κ1) is 11.7. The van der Waals surface area contributed by atoms with Crippen molar-refractivity contribution >= 4 is 27.2 Å². The monoisotopic (exact) mass is 274 g/mol. The van der Waals surface area contributed by atoms with Crippen LogP contribution in [0.25, 0.3) is 0 Å². The van der Waals surface area contributed by atoms with Gasteiger partial charge in [0.05, 0.1) is 23.6 Å². The van der Waals surface area contributed by atoms with Crippen molar-refractivity contribution < 1.29 is 8.42 Å². The zero-order valence-corrected chi connectivity index (χ0v) is 11.4. The van der Waals surface area contributed by atoms with Crippen LogP contribution in [0.15, 0.2) is 0 Å². The number of hydrogen-bond donors (Lipinski definition) is 1. The summed E-state index contributed by atoms with van der Waals surface area (Å²) < 4.78 is 23.3. The maximum absolute atomic E-state index is 11.7. The van der Waals surface area contributed by atoms with Gasteiger partial charge in [-0.2, -0.15) is 0 Å². The molecule has 96 valence electrons. The SMILES string of the molecule is O=S1(=O)CC2NC(=S)N(C3CCCCC3)C2C1. The number of nitrogens with zero attached hydrogens (tertiary/aromatic N) is 1. The summed E-state index contributed by atoms with van der Waals surface area (Å²) >= 11 is 5.37. The number of rotatable bonds is 1. The van der Waals surface area contributed by atoms with Crippen molar-refractivity contribution in [3.63, 3.8) is 0 Å². The summed E-state index contributed by atoms with van der Waals surface area (Å²) in [5.74, 6) is 0.530. The molecule has 1 N–H and O–H groups in total. The van der Waals surface area contributed by atoms with Gasteiger partial charge >= 0.3 is 0 Å². The van der Waals surface area contributed by atoms with E-state index in [1.165, 1.54) is 19.3 Å². The lowest BCUT2D eigenvalue weighted by Crippen LogP contribution is -2.45. The number of sulfone groups is 1. The first-order valence-electron chi connectivity index (χ1n) is 6.36. The van der Waals surface area contributed by atoms with Gasteiger partial charge in [-0.1, -0.05) is 19.3 Å². The van der Waals surface area contributed by atoms with Crippen molar-refractivity contribution in [3.8, 4) is 0 Å². The lowest BCUT2D eigenvalue weighted by Gasteiger charge is -2.35. The Kier molecular flexibility index (Phi) is 2.82. The molecular weight excluding hydrogens is 256 g/mol. The maximum atomic E-state index is 11.7. The molecule has 3 fully saturated rings. The van der Waals surface area contributed by atoms with Crippen molar-refractivity contribution in [2.75, 3.05) is 11.5 Å². The molecule has 2 unspecified atom stereocenters. The lowest BCUT2D eigenvalue weighted by atomic mass is 9.93. The summed E-state index contributed by atoms with van der Waals surface area (Å²) in [7, 11) is -2.86. The van der Waals surface area contributed by atoms with Crippen LogP contribution in [-0.4, -0.2) is 48.1 Å². The summed E-state index contributed by atoms with van der Waals surface area (Å²) in [6.45, 7) is 0. The Morgan fingerprint density at radius 3 is 2.59 bits per heavy atom. The average molecular weight is 274 g/mol. The van der Waals surface area contributed by atoms with Crippen molar-refractivity contribution in [2.24, 2.45) is 0 Å². The van der Waals surface area contributed by atoms with E-state index in [-0.39, 0.29) is 23.6 Å². The van der Waals surface area contributed by atoms with E-state index in [1.807, 2.05) is 0 Å². The quantitative estimate of drug-likeness (QED) is 0.713. The van der Waals surface area contributed by atoms with Crippen molar-refractivity contribution in [1.29, 1.82) is 0 Å². The molecule has 2 atom stereocenters. The van der Waals surface area contributed by atoms with Gasteiger partial charge in [-0.05, 0) is 25.1 Å². The van der Waals surface area contributed by atoms with Crippen LogP contribution >= 0.6 is 12.2 Å². The van der Waals surface area contributed by atoms with E-state index in [4.69, 9.17) is 12.2 Å². The van der Waals surface area contributed by atoms with Gasteiger partial charge in [0.25, 0.3) is 0 Å². The molecule has 6 heteroatoms. The van der Waals surface area contributed by atoms with E-state index < -0.39 is 9.84 Å². The van der Waals surface area contributed by atoms with Gasteiger partial charge in [-0.15, -0.1) is 0 Å². The largest absolute Gasteiger partial charge is 0.357 e. The molecule has 0 aromatic heterocycles. The smallest absolute Gasteiger partial charge is 0.169 e. The number of nitrogens with one attached hydrogen (secondary N) is 1. The molecule has 1 saturated carbocycles. The average Bonchev–Trinajstić information content (AvgIpc) is 2.69. The van der Waals surface area contributed by atoms with E-state index in [9.17, 15) is 8.42 Å². The maximum Gasteiger partial charge on any atom is 0.169 e. The van der Waals surface area contributed by atoms with Crippen LogP contribution in [0.2, 0.25) is 0 Å². The highest BCUT2D eigenvalue weighted by molar-refractivity contribution is 7.91. The Morgan fingerprint density at radius 2 is 1.88 bits per heavy atom. The molecule has 2 saturated heterocycles. The fourth-order valence-electron chi connectivity index (χ4n) is 3.42. The predicted molar refractivity (Wildman–Crippen MR) is 70.7 cm³/mol.